The van der Waals surface area contributed by atoms with Crippen LogP contribution in [0.3, 0.4) is 0 Å². The van der Waals surface area contributed by atoms with Crippen LogP contribution in [-0.4, -0.2) is 41.4 Å². The molecule has 168 valence electrons. The predicted octanol–water partition coefficient (Wildman–Crippen LogP) is 4.69. The Hall–Kier alpha value is -3.39. The molecule has 2 aromatic carbocycles. The molecule has 0 radical (unpaired) electrons. The van der Waals surface area contributed by atoms with Crippen molar-refractivity contribution >= 4 is 5.97 Å². The number of aromatic nitrogens is 2. The van der Waals surface area contributed by atoms with E-state index in [2.05, 4.69) is 9.97 Å². The van der Waals surface area contributed by atoms with E-state index in [0.29, 0.717) is 48.7 Å². The monoisotopic (exact) mass is 442 g/mol. The van der Waals surface area contributed by atoms with Gasteiger partial charge in [0.05, 0.1) is 30.8 Å². The van der Waals surface area contributed by atoms with E-state index in [1.54, 1.807) is 18.3 Å². The van der Waals surface area contributed by atoms with Gasteiger partial charge in [-0.2, -0.15) is 0 Å². The van der Waals surface area contributed by atoms with Gasteiger partial charge in [-0.3, -0.25) is 9.78 Å². The highest BCUT2D eigenvalue weighted by Gasteiger charge is 2.18. The molecule has 0 fully saturated rings. The molecule has 0 aliphatic rings. The highest BCUT2D eigenvalue weighted by atomic mass is 19.1. The predicted molar refractivity (Wildman–Crippen MR) is 116 cm³/mol. The van der Waals surface area contributed by atoms with Crippen LogP contribution in [0.1, 0.15) is 24.6 Å². The molecule has 0 bridgehead atoms. The molecule has 0 atom stereocenters. The molecule has 32 heavy (non-hydrogen) atoms. The van der Waals surface area contributed by atoms with E-state index in [1.807, 2.05) is 19.1 Å². The third kappa shape index (κ3) is 5.64. The summed E-state index contributed by atoms with van der Waals surface area (Å²) >= 11 is 0. The van der Waals surface area contributed by atoms with Crippen molar-refractivity contribution in [3.05, 3.63) is 65.5 Å². The molecule has 1 heterocycles. The van der Waals surface area contributed by atoms with Gasteiger partial charge < -0.3 is 14.6 Å². The lowest BCUT2D eigenvalue weighted by atomic mass is 10.0. The lowest BCUT2D eigenvalue weighted by molar-refractivity contribution is -0.136. The van der Waals surface area contributed by atoms with Gasteiger partial charge in [-0.1, -0.05) is 24.3 Å². The van der Waals surface area contributed by atoms with Crippen molar-refractivity contribution in [2.24, 2.45) is 0 Å². The largest absolute Gasteiger partial charge is 0.491 e. The zero-order valence-electron chi connectivity index (χ0n) is 17.9. The average molecular weight is 442 g/mol. The minimum atomic E-state index is -0.868. The van der Waals surface area contributed by atoms with Crippen molar-refractivity contribution in [1.82, 2.24) is 9.97 Å². The molecule has 8 heteroatoms. The van der Waals surface area contributed by atoms with Gasteiger partial charge in [0, 0.05) is 36.8 Å². The van der Waals surface area contributed by atoms with Gasteiger partial charge in [0.1, 0.15) is 0 Å². The second-order valence-electron chi connectivity index (χ2n) is 7.07. The number of rotatable bonds is 10. The molecular formula is C24H24F2N2O4. The second kappa shape index (κ2) is 10.8. The third-order valence-corrected chi connectivity index (χ3v) is 4.86. The van der Waals surface area contributed by atoms with Gasteiger partial charge in [0.15, 0.2) is 17.4 Å². The molecule has 0 unspecified atom stereocenters. The summed E-state index contributed by atoms with van der Waals surface area (Å²) in [6.07, 6.45) is 2.54. The van der Waals surface area contributed by atoms with Crippen LogP contribution in [0.4, 0.5) is 8.78 Å². The average Bonchev–Trinajstić information content (AvgIpc) is 2.78. The SMILES string of the molecule is CCOCCc1cnc(-c2cc(F)c(OC)c(F)c2)c(-c2ccc(CCC(=O)O)cc2)n1. The number of aryl methyl sites for hydroxylation is 1. The van der Waals surface area contributed by atoms with Crippen molar-refractivity contribution in [2.45, 2.75) is 26.2 Å². The Kier molecular flexibility index (Phi) is 7.83. The molecule has 6 nitrogen and oxygen atoms in total. The van der Waals surface area contributed by atoms with Crippen LogP contribution in [0.5, 0.6) is 5.75 Å². The normalized spacial score (nSPS) is 10.9. The fourth-order valence-corrected chi connectivity index (χ4v) is 3.25. The first-order valence-corrected chi connectivity index (χ1v) is 10.2. The van der Waals surface area contributed by atoms with Crippen molar-refractivity contribution in [3.8, 4) is 28.3 Å². The van der Waals surface area contributed by atoms with E-state index in [4.69, 9.17) is 14.6 Å². The summed E-state index contributed by atoms with van der Waals surface area (Å²) in [7, 11) is 1.20. The summed E-state index contributed by atoms with van der Waals surface area (Å²) in [5.41, 5.74) is 3.26. The van der Waals surface area contributed by atoms with Crippen LogP contribution in [-0.2, 0) is 22.4 Å². The summed E-state index contributed by atoms with van der Waals surface area (Å²) < 4.78 is 38.8. The minimum absolute atomic E-state index is 0.0295. The molecule has 0 aliphatic carbocycles. The molecule has 0 amide bonds. The smallest absolute Gasteiger partial charge is 0.303 e. The number of hydrogen-bond acceptors (Lipinski definition) is 5. The number of ether oxygens (including phenoxy) is 2. The zero-order chi connectivity index (χ0) is 23.1. The van der Waals surface area contributed by atoms with Crippen molar-refractivity contribution in [2.75, 3.05) is 20.3 Å². The number of carboxylic acid groups (broad SMARTS) is 1. The highest BCUT2D eigenvalue weighted by molar-refractivity contribution is 5.78. The Morgan fingerprint density at radius 3 is 2.31 bits per heavy atom. The molecule has 3 rings (SSSR count). The maximum Gasteiger partial charge on any atom is 0.303 e. The van der Waals surface area contributed by atoms with E-state index in [9.17, 15) is 13.6 Å². The third-order valence-electron chi connectivity index (χ3n) is 4.86. The van der Waals surface area contributed by atoms with Gasteiger partial charge in [0.2, 0.25) is 0 Å². The maximum absolute atomic E-state index is 14.3. The van der Waals surface area contributed by atoms with Gasteiger partial charge >= 0.3 is 5.97 Å². The number of hydrogen-bond donors (Lipinski definition) is 1. The van der Waals surface area contributed by atoms with Crippen LogP contribution in [0.25, 0.3) is 22.5 Å². The van der Waals surface area contributed by atoms with Gasteiger partial charge in [0.25, 0.3) is 0 Å². The molecule has 3 aromatic rings. The van der Waals surface area contributed by atoms with E-state index >= 15 is 0 Å². The molecule has 0 saturated carbocycles. The Bertz CT molecular complexity index is 1060. The summed E-state index contributed by atoms with van der Waals surface area (Å²) in [6.45, 7) is 2.96. The van der Waals surface area contributed by atoms with E-state index in [0.717, 1.165) is 17.7 Å². The number of methoxy groups -OCH3 is 1. The number of halogens is 2. The number of benzene rings is 2. The first kappa shape index (κ1) is 23.3. The fraction of sp³-hybridized carbons (Fsp3) is 0.292. The quantitative estimate of drug-likeness (QED) is 0.459. The summed E-state index contributed by atoms with van der Waals surface area (Å²) in [5, 5.41) is 8.87. The number of carbonyl (C=O) groups is 1. The molecule has 0 saturated heterocycles. The fourth-order valence-electron chi connectivity index (χ4n) is 3.25. The Morgan fingerprint density at radius 1 is 1.03 bits per heavy atom. The van der Waals surface area contributed by atoms with Crippen LogP contribution in [0.15, 0.2) is 42.6 Å². The number of carboxylic acids is 1. The highest BCUT2D eigenvalue weighted by Crippen LogP contribution is 2.33. The van der Waals surface area contributed by atoms with Gasteiger partial charge in [-0.25, -0.2) is 13.8 Å². The van der Waals surface area contributed by atoms with Crippen molar-refractivity contribution in [1.29, 1.82) is 0 Å². The summed E-state index contributed by atoms with van der Waals surface area (Å²) in [5.74, 6) is -2.99. The Morgan fingerprint density at radius 2 is 1.72 bits per heavy atom. The van der Waals surface area contributed by atoms with Crippen molar-refractivity contribution in [3.63, 3.8) is 0 Å². The van der Waals surface area contributed by atoms with Crippen LogP contribution < -0.4 is 4.74 Å². The maximum atomic E-state index is 14.3. The summed E-state index contributed by atoms with van der Waals surface area (Å²) in [4.78, 5) is 19.9. The first-order chi connectivity index (χ1) is 15.4. The van der Waals surface area contributed by atoms with Crippen LogP contribution >= 0.6 is 0 Å². The standard InChI is InChI=1S/C24H24F2N2O4/c1-3-32-11-10-18-14-27-22(17-12-19(25)24(31-2)20(26)13-17)23(28-18)16-7-4-15(5-8-16)6-9-21(29)30/h4-5,7-8,12-14H,3,6,9-11H2,1-2H3,(H,29,30). The van der Waals surface area contributed by atoms with E-state index in [-0.39, 0.29) is 12.0 Å². The van der Waals surface area contributed by atoms with Crippen LogP contribution in [0.2, 0.25) is 0 Å². The Balaban J connectivity index is 2.03. The van der Waals surface area contributed by atoms with Crippen LogP contribution in [0, 0.1) is 11.6 Å². The first-order valence-electron chi connectivity index (χ1n) is 10.2. The van der Waals surface area contributed by atoms with Crippen molar-refractivity contribution < 1.29 is 28.2 Å². The van der Waals surface area contributed by atoms with E-state index < -0.39 is 23.4 Å². The number of aliphatic carboxylic acids is 1. The molecule has 0 spiro atoms. The van der Waals surface area contributed by atoms with E-state index in [1.165, 1.54) is 7.11 Å². The summed E-state index contributed by atoms with van der Waals surface area (Å²) in [6, 6.07) is 9.55. The van der Waals surface area contributed by atoms with Gasteiger partial charge in [-0.05, 0) is 31.0 Å². The lowest BCUT2D eigenvalue weighted by Gasteiger charge is -2.13. The second-order valence-corrected chi connectivity index (χ2v) is 7.07. The molecule has 1 N–H and O–H groups in total. The molecule has 0 aliphatic heterocycles. The lowest BCUT2D eigenvalue weighted by Crippen LogP contribution is -2.04. The Labute approximate surface area is 184 Å². The topological polar surface area (TPSA) is 81.5 Å². The molecule has 1 aromatic heterocycles. The number of nitrogens with zero attached hydrogens (tertiary/aromatic N) is 2. The minimum Gasteiger partial charge on any atom is -0.491 e. The van der Waals surface area contributed by atoms with Gasteiger partial charge in [-0.15, -0.1) is 0 Å². The zero-order valence-corrected chi connectivity index (χ0v) is 17.9. The molecular weight excluding hydrogens is 418 g/mol.